The lowest BCUT2D eigenvalue weighted by molar-refractivity contribution is -0.140. The predicted molar refractivity (Wildman–Crippen MR) is 217 cm³/mol. The normalized spacial score (nSPS) is 12.0. The number of benzene rings is 5. The van der Waals surface area contributed by atoms with Gasteiger partial charge in [-0.25, -0.2) is 8.42 Å². The number of rotatable bonds is 16. The number of ketones is 1. The minimum absolute atomic E-state index is 0.00881. The molecule has 0 heterocycles. The summed E-state index contributed by atoms with van der Waals surface area (Å²) in [6.45, 7) is 9.65. The molecule has 0 saturated heterocycles. The Bertz CT molecular complexity index is 2270. The first-order chi connectivity index (χ1) is 26.6. The molecule has 0 radical (unpaired) electrons. The van der Waals surface area contributed by atoms with E-state index < -0.39 is 33.0 Å². The van der Waals surface area contributed by atoms with Crippen molar-refractivity contribution in [2.24, 2.45) is 5.41 Å². The molecule has 1 unspecified atom stereocenters. The molecular weight excluding hydrogens is 752 g/mol. The van der Waals surface area contributed by atoms with E-state index >= 15 is 0 Å². The standard InChI is InChI=1S/C44H45ClN2O8S/c1-29-13-24-39(30(2)26-29)53-25-9-12-40(48)46-32-14-23-37(45)38(27-32)47-43(50)41(42(49)44(3,4)5)55-34-17-21-36(22-18-34)56(51,52)35-19-15-33(16-20-35)54-28-31-10-7-6-8-11-31/h6-8,10-11,13-24,26-27,41H,9,12,25,28H2,1-5H3,(H,46,48)(H,47,50). The van der Waals surface area contributed by atoms with Gasteiger partial charge in [-0.15, -0.1) is 0 Å². The van der Waals surface area contributed by atoms with Gasteiger partial charge in [0.05, 0.1) is 27.1 Å². The highest BCUT2D eigenvalue weighted by Gasteiger charge is 2.37. The van der Waals surface area contributed by atoms with Gasteiger partial charge in [0.25, 0.3) is 5.91 Å². The van der Waals surface area contributed by atoms with Crippen molar-refractivity contribution in [3.05, 3.63) is 137 Å². The molecule has 12 heteroatoms. The van der Waals surface area contributed by atoms with Gasteiger partial charge in [-0.1, -0.05) is 80.4 Å². The summed E-state index contributed by atoms with van der Waals surface area (Å²) in [4.78, 5) is 40.0. The molecule has 0 saturated carbocycles. The third-order valence-corrected chi connectivity index (χ3v) is 10.7. The number of carbonyl (C=O) groups excluding carboxylic acids is 3. The van der Waals surface area contributed by atoms with Crippen molar-refractivity contribution in [1.82, 2.24) is 0 Å². The van der Waals surface area contributed by atoms with Gasteiger partial charge >= 0.3 is 0 Å². The van der Waals surface area contributed by atoms with Gasteiger partial charge in [0.2, 0.25) is 21.8 Å². The van der Waals surface area contributed by atoms with Crippen LogP contribution in [0.4, 0.5) is 11.4 Å². The maximum atomic E-state index is 13.7. The van der Waals surface area contributed by atoms with Crippen LogP contribution in [0.15, 0.2) is 125 Å². The van der Waals surface area contributed by atoms with Crippen molar-refractivity contribution in [2.75, 3.05) is 17.2 Å². The highest BCUT2D eigenvalue weighted by atomic mass is 35.5. The third kappa shape index (κ3) is 11.2. The highest BCUT2D eigenvalue weighted by Crippen LogP contribution is 2.30. The van der Waals surface area contributed by atoms with E-state index in [0.717, 1.165) is 22.4 Å². The Morgan fingerprint density at radius 3 is 2.02 bits per heavy atom. The molecule has 5 aromatic carbocycles. The van der Waals surface area contributed by atoms with E-state index in [1.165, 1.54) is 48.5 Å². The quantitative estimate of drug-likeness (QED) is 0.0745. The fraction of sp³-hybridized carbons (Fsp3) is 0.250. The number of hydrogen-bond donors (Lipinski definition) is 2. The van der Waals surface area contributed by atoms with Crippen LogP contribution in [0, 0.1) is 19.3 Å². The summed E-state index contributed by atoms with van der Waals surface area (Å²) in [5.41, 5.74) is 2.70. The van der Waals surface area contributed by atoms with Gasteiger partial charge in [0.15, 0.2) is 5.78 Å². The number of carbonyl (C=O) groups is 3. The zero-order chi connectivity index (χ0) is 40.5. The molecule has 0 aliphatic heterocycles. The molecule has 0 fully saturated rings. The van der Waals surface area contributed by atoms with Crippen LogP contribution in [-0.2, 0) is 30.8 Å². The van der Waals surface area contributed by atoms with E-state index in [4.69, 9.17) is 25.8 Å². The van der Waals surface area contributed by atoms with Gasteiger partial charge in [-0.05, 0) is 104 Å². The summed E-state index contributed by atoms with van der Waals surface area (Å²) >= 11 is 6.42. The number of aryl methyl sites for hydroxylation is 2. The molecule has 2 N–H and O–H groups in total. The lowest BCUT2D eigenvalue weighted by Crippen LogP contribution is -2.45. The van der Waals surface area contributed by atoms with Gasteiger partial charge < -0.3 is 24.8 Å². The summed E-state index contributed by atoms with van der Waals surface area (Å²) in [6, 6.07) is 31.7. The van der Waals surface area contributed by atoms with Crippen LogP contribution >= 0.6 is 11.6 Å². The molecule has 0 spiro atoms. The third-order valence-electron chi connectivity index (χ3n) is 8.63. The van der Waals surface area contributed by atoms with Crippen molar-refractivity contribution in [3.63, 3.8) is 0 Å². The maximum absolute atomic E-state index is 13.7. The van der Waals surface area contributed by atoms with Crippen molar-refractivity contribution >= 4 is 50.4 Å². The molecular formula is C44H45ClN2O8S. The molecule has 0 aliphatic rings. The number of halogens is 1. The first-order valence-corrected chi connectivity index (χ1v) is 19.9. The van der Waals surface area contributed by atoms with E-state index in [0.29, 0.717) is 31.1 Å². The fourth-order valence-corrected chi connectivity index (χ4v) is 6.97. The molecule has 56 heavy (non-hydrogen) atoms. The van der Waals surface area contributed by atoms with Gasteiger partial charge in [-0.3, -0.25) is 14.4 Å². The number of Topliss-reactive ketones (excluding diaryl/α,β-unsaturated/α-hetero) is 1. The van der Waals surface area contributed by atoms with Crippen LogP contribution in [0.25, 0.3) is 0 Å². The van der Waals surface area contributed by atoms with E-state index in [1.54, 1.807) is 39.0 Å². The van der Waals surface area contributed by atoms with E-state index in [2.05, 4.69) is 10.6 Å². The molecule has 0 aliphatic carbocycles. The summed E-state index contributed by atoms with van der Waals surface area (Å²) in [7, 11) is -3.91. The number of anilines is 2. The fourth-order valence-electron chi connectivity index (χ4n) is 5.54. The average molecular weight is 797 g/mol. The van der Waals surface area contributed by atoms with E-state index in [1.807, 2.05) is 62.4 Å². The Hall–Kier alpha value is -5.65. The molecule has 0 aromatic heterocycles. The number of amides is 2. The average Bonchev–Trinajstić information content (AvgIpc) is 3.17. The van der Waals surface area contributed by atoms with Crippen LogP contribution < -0.4 is 24.8 Å². The zero-order valence-corrected chi connectivity index (χ0v) is 33.5. The molecule has 1 atom stereocenters. The first kappa shape index (κ1) is 41.5. The molecule has 2 amide bonds. The van der Waals surface area contributed by atoms with Crippen molar-refractivity contribution < 1.29 is 37.0 Å². The molecule has 292 valence electrons. The minimum Gasteiger partial charge on any atom is -0.493 e. The number of ether oxygens (including phenoxy) is 3. The molecule has 0 bridgehead atoms. The summed E-state index contributed by atoms with van der Waals surface area (Å²) < 4.78 is 44.4. The van der Waals surface area contributed by atoms with Crippen LogP contribution in [0.2, 0.25) is 5.02 Å². The summed E-state index contributed by atoms with van der Waals surface area (Å²) in [6.07, 6.45) is -0.941. The molecule has 5 rings (SSSR count). The van der Waals surface area contributed by atoms with Crippen LogP contribution in [0.1, 0.15) is 50.3 Å². The Kier molecular flexibility index (Phi) is 13.6. The largest absolute Gasteiger partial charge is 0.493 e. The monoisotopic (exact) mass is 796 g/mol. The Morgan fingerprint density at radius 1 is 0.750 bits per heavy atom. The zero-order valence-electron chi connectivity index (χ0n) is 31.9. The topological polar surface area (TPSA) is 137 Å². The Labute approximate surface area is 333 Å². The van der Waals surface area contributed by atoms with Crippen LogP contribution in [0.3, 0.4) is 0 Å². The van der Waals surface area contributed by atoms with E-state index in [-0.39, 0.29) is 38.6 Å². The van der Waals surface area contributed by atoms with Crippen LogP contribution in [0.5, 0.6) is 17.2 Å². The maximum Gasteiger partial charge on any atom is 0.273 e. The lowest BCUT2D eigenvalue weighted by Gasteiger charge is -2.25. The Balaban J connectivity index is 1.21. The predicted octanol–water partition coefficient (Wildman–Crippen LogP) is 9.17. The van der Waals surface area contributed by atoms with Gasteiger partial charge in [0.1, 0.15) is 23.9 Å². The smallest absolute Gasteiger partial charge is 0.273 e. The molecule has 10 nitrogen and oxygen atoms in total. The number of hydrogen-bond acceptors (Lipinski definition) is 8. The second-order valence-corrected chi connectivity index (χ2v) is 16.6. The lowest BCUT2D eigenvalue weighted by atomic mass is 9.87. The Morgan fingerprint density at radius 2 is 1.39 bits per heavy atom. The van der Waals surface area contributed by atoms with Crippen molar-refractivity contribution in [2.45, 2.75) is 70.0 Å². The van der Waals surface area contributed by atoms with Crippen LogP contribution in [-0.4, -0.2) is 38.7 Å². The second kappa shape index (κ2) is 18.3. The van der Waals surface area contributed by atoms with E-state index in [9.17, 15) is 22.8 Å². The SMILES string of the molecule is Cc1ccc(OCCCC(=O)Nc2ccc(Cl)c(NC(=O)C(Oc3ccc(S(=O)(=O)c4ccc(OCc5ccccc5)cc4)cc3)C(=O)C(C)(C)C)c2)c(C)c1. The first-order valence-electron chi connectivity index (χ1n) is 18.0. The van der Waals surface area contributed by atoms with Crippen molar-refractivity contribution in [1.29, 1.82) is 0 Å². The van der Waals surface area contributed by atoms with Gasteiger partial charge in [-0.2, -0.15) is 0 Å². The highest BCUT2D eigenvalue weighted by molar-refractivity contribution is 7.91. The minimum atomic E-state index is -3.91. The van der Waals surface area contributed by atoms with Crippen molar-refractivity contribution in [3.8, 4) is 17.2 Å². The number of nitrogens with one attached hydrogen (secondary N) is 2. The van der Waals surface area contributed by atoms with Gasteiger partial charge in [0, 0.05) is 17.5 Å². The second-order valence-electron chi connectivity index (χ2n) is 14.3. The number of sulfone groups is 1. The molecule has 5 aromatic rings. The summed E-state index contributed by atoms with van der Waals surface area (Å²) in [5.74, 6) is -0.189. The summed E-state index contributed by atoms with van der Waals surface area (Å²) in [5, 5.41) is 5.64.